The molecule has 2 amide bonds. The van der Waals surface area contributed by atoms with Crippen LogP contribution < -0.4 is 15.5 Å². The molecule has 1 fully saturated rings. The maximum Gasteiger partial charge on any atom is 0.255 e. The molecule has 180 valence electrons. The molecule has 3 aromatic rings. The van der Waals surface area contributed by atoms with Gasteiger partial charge in [-0.25, -0.2) is 0 Å². The van der Waals surface area contributed by atoms with Gasteiger partial charge in [0.2, 0.25) is 5.91 Å². The normalized spacial score (nSPS) is 19.0. The summed E-state index contributed by atoms with van der Waals surface area (Å²) in [5.74, 6) is -0.387. The topological polar surface area (TPSA) is 61.4 Å². The molecule has 0 aromatic heterocycles. The summed E-state index contributed by atoms with van der Waals surface area (Å²) in [7, 11) is 0. The van der Waals surface area contributed by atoms with Crippen LogP contribution in [0, 0.1) is 0 Å². The van der Waals surface area contributed by atoms with E-state index in [2.05, 4.69) is 10.6 Å². The molecule has 1 saturated carbocycles. The predicted molar refractivity (Wildman–Crippen MR) is 141 cm³/mol. The maximum absolute atomic E-state index is 13.9. The summed E-state index contributed by atoms with van der Waals surface area (Å²) in [4.78, 5) is 29.0. The van der Waals surface area contributed by atoms with Crippen molar-refractivity contribution >= 4 is 58.0 Å². The Bertz CT molecular complexity index is 1290. The van der Waals surface area contributed by atoms with Crippen LogP contribution in [0.3, 0.4) is 0 Å². The Hall–Kier alpha value is -2.73. The Morgan fingerprint density at radius 3 is 2.37 bits per heavy atom. The van der Waals surface area contributed by atoms with Gasteiger partial charge in [-0.1, -0.05) is 59.1 Å². The molecule has 1 aliphatic heterocycles. The van der Waals surface area contributed by atoms with Gasteiger partial charge in [-0.15, -0.1) is 0 Å². The first kappa shape index (κ1) is 24.0. The van der Waals surface area contributed by atoms with Crippen molar-refractivity contribution in [3.8, 4) is 0 Å². The van der Waals surface area contributed by atoms with Gasteiger partial charge in [0.05, 0.1) is 6.54 Å². The van der Waals surface area contributed by atoms with Crippen LogP contribution in [0.15, 0.2) is 66.7 Å². The zero-order valence-electron chi connectivity index (χ0n) is 18.9. The zero-order valence-corrected chi connectivity index (χ0v) is 21.1. The fraction of sp³-hybridized carbons (Fsp3) is 0.259. The molecule has 0 saturated heterocycles. The highest BCUT2D eigenvalue weighted by Gasteiger charge is 2.52. The van der Waals surface area contributed by atoms with Gasteiger partial charge in [0.1, 0.15) is 0 Å². The van der Waals surface area contributed by atoms with Crippen molar-refractivity contribution in [1.29, 1.82) is 0 Å². The summed E-state index contributed by atoms with van der Waals surface area (Å²) in [5.41, 5.74) is 1.66. The summed E-state index contributed by atoms with van der Waals surface area (Å²) in [6, 6.07) is 20.2. The highest BCUT2D eigenvalue weighted by Crippen LogP contribution is 2.46. The highest BCUT2D eigenvalue weighted by atomic mass is 35.5. The van der Waals surface area contributed by atoms with Crippen molar-refractivity contribution in [3.63, 3.8) is 0 Å². The van der Waals surface area contributed by atoms with Gasteiger partial charge in [-0.2, -0.15) is 0 Å². The molecule has 3 aromatic carbocycles. The van der Waals surface area contributed by atoms with E-state index in [1.165, 1.54) is 0 Å². The molecule has 0 radical (unpaired) electrons. The second-order valence-electron chi connectivity index (χ2n) is 9.07. The van der Waals surface area contributed by atoms with Crippen LogP contribution >= 0.6 is 34.8 Å². The Kier molecular flexibility index (Phi) is 6.67. The number of benzene rings is 3. The fourth-order valence-electron chi connectivity index (χ4n) is 4.87. The molecular weight excluding hydrogens is 505 g/mol. The van der Waals surface area contributed by atoms with Crippen molar-refractivity contribution < 1.29 is 9.59 Å². The number of carbonyl (C=O) groups excluding carboxylic acids is 2. The minimum atomic E-state index is -1.23. The molecule has 0 bridgehead atoms. The average molecular weight is 529 g/mol. The summed E-state index contributed by atoms with van der Waals surface area (Å²) < 4.78 is 0. The van der Waals surface area contributed by atoms with Gasteiger partial charge in [0, 0.05) is 44.5 Å². The number of hydrogen-bond donors (Lipinski definition) is 2. The van der Waals surface area contributed by atoms with Crippen LogP contribution in [-0.2, 0) is 21.5 Å². The Morgan fingerprint density at radius 2 is 1.69 bits per heavy atom. The number of anilines is 2. The fourth-order valence-corrected chi connectivity index (χ4v) is 5.44. The molecule has 0 spiro atoms. The molecule has 35 heavy (non-hydrogen) atoms. The number of carbonyl (C=O) groups is 2. The molecular formula is C27H24Cl3N3O2. The van der Waals surface area contributed by atoms with E-state index in [1.54, 1.807) is 30.3 Å². The van der Waals surface area contributed by atoms with Gasteiger partial charge in [-0.05, 0) is 67.3 Å². The number of halogens is 3. The van der Waals surface area contributed by atoms with E-state index < -0.39 is 5.54 Å². The van der Waals surface area contributed by atoms with E-state index in [9.17, 15) is 9.59 Å². The minimum Gasteiger partial charge on any atom is -0.352 e. The first-order chi connectivity index (χ1) is 16.8. The number of amides is 2. The molecule has 5 nitrogen and oxygen atoms in total. The largest absolute Gasteiger partial charge is 0.352 e. The van der Waals surface area contributed by atoms with Gasteiger partial charge in [0.15, 0.2) is 5.54 Å². The Morgan fingerprint density at radius 1 is 0.971 bits per heavy atom. The SMILES string of the molecule is O=C(CN(c1cccc(Cl)c1)C1(Cc2cccc(Cl)c2)C(=O)Nc2cc(Cl)ccc21)NC1CCC1. The monoisotopic (exact) mass is 527 g/mol. The lowest BCUT2D eigenvalue weighted by Gasteiger charge is -2.42. The van der Waals surface area contributed by atoms with Crippen molar-refractivity contribution in [2.45, 2.75) is 37.3 Å². The lowest BCUT2D eigenvalue weighted by Crippen LogP contribution is -2.57. The van der Waals surface area contributed by atoms with Crippen molar-refractivity contribution in [1.82, 2.24) is 5.32 Å². The number of rotatable bonds is 7. The second-order valence-corrected chi connectivity index (χ2v) is 10.4. The second kappa shape index (κ2) is 9.73. The molecule has 2 aliphatic rings. The third kappa shape index (κ3) is 4.73. The molecule has 1 aliphatic carbocycles. The molecule has 8 heteroatoms. The molecule has 1 atom stereocenters. The number of hydrogen-bond acceptors (Lipinski definition) is 3. The van der Waals surface area contributed by atoms with Crippen LogP contribution in [0.25, 0.3) is 0 Å². The maximum atomic E-state index is 13.9. The van der Waals surface area contributed by atoms with E-state index >= 15 is 0 Å². The van der Waals surface area contributed by atoms with E-state index in [-0.39, 0.29) is 30.8 Å². The van der Waals surface area contributed by atoms with E-state index in [0.717, 1.165) is 30.4 Å². The lowest BCUT2D eigenvalue weighted by atomic mass is 9.82. The van der Waals surface area contributed by atoms with Crippen LogP contribution in [0.2, 0.25) is 15.1 Å². The van der Waals surface area contributed by atoms with Gasteiger partial charge < -0.3 is 15.5 Å². The van der Waals surface area contributed by atoms with Gasteiger partial charge in [-0.3, -0.25) is 9.59 Å². The van der Waals surface area contributed by atoms with Crippen LogP contribution in [0.5, 0.6) is 0 Å². The quantitative estimate of drug-likeness (QED) is 0.383. The van der Waals surface area contributed by atoms with Crippen molar-refractivity contribution in [2.24, 2.45) is 0 Å². The predicted octanol–water partition coefficient (Wildman–Crippen LogP) is 6.21. The van der Waals surface area contributed by atoms with Crippen molar-refractivity contribution in [3.05, 3.63) is 92.9 Å². The van der Waals surface area contributed by atoms with Gasteiger partial charge >= 0.3 is 0 Å². The first-order valence-corrected chi connectivity index (χ1v) is 12.7. The average Bonchev–Trinajstić information content (AvgIpc) is 3.05. The molecule has 5 rings (SSSR count). The molecule has 1 unspecified atom stereocenters. The molecule has 2 N–H and O–H groups in total. The summed E-state index contributed by atoms with van der Waals surface area (Å²) in [5, 5.41) is 7.71. The Labute approximate surface area is 219 Å². The van der Waals surface area contributed by atoms with Crippen LogP contribution in [0.4, 0.5) is 11.4 Å². The summed E-state index contributed by atoms with van der Waals surface area (Å²) in [6.07, 6.45) is 3.34. The summed E-state index contributed by atoms with van der Waals surface area (Å²) in [6.45, 7) is -0.0209. The van der Waals surface area contributed by atoms with Crippen LogP contribution in [0.1, 0.15) is 30.4 Å². The van der Waals surface area contributed by atoms with Gasteiger partial charge in [0.25, 0.3) is 5.91 Å². The minimum absolute atomic E-state index is 0.0209. The number of nitrogens with zero attached hydrogens (tertiary/aromatic N) is 1. The zero-order chi connectivity index (χ0) is 24.6. The van der Waals surface area contributed by atoms with Crippen molar-refractivity contribution in [2.75, 3.05) is 16.8 Å². The first-order valence-electron chi connectivity index (χ1n) is 11.5. The summed E-state index contributed by atoms with van der Waals surface area (Å²) >= 11 is 18.9. The third-order valence-corrected chi connectivity index (χ3v) is 7.46. The smallest absolute Gasteiger partial charge is 0.255 e. The number of fused-ring (bicyclic) bond motifs is 1. The molecule has 1 heterocycles. The van der Waals surface area contributed by atoms with E-state index in [0.29, 0.717) is 26.4 Å². The lowest BCUT2D eigenvalue weighted by molar-refractivity contribution is -0.122. The van der Waals surface area contributed by atoms with E-state index in [4.69, 9.17) is 34.8 Å². The highest BCUT2D eigenvalue weighted by molar-refractivity contribution is 6.31. The van der Waals surface area contributed by atoms with Crippen LogP contribution in [-0.4, -0.2) is 24.4 Å². The standard InChI is InChI=1S/C27H24Cl3N3O2/c28-18-5-1-4-17(12-18)15-27(23-11-10-20(30)14-24(23)32-26(27)35)33(22-9-2-6-19(29)13-22)16-25(34)31-21-7-3-8-21/h1-2,4-6,9-14,21H,3,7-8,15-16H2,(H,31,34)(H,32,35). The third-order valence-electron chi connectivity index (χ3n) is 6.75. The number of nitrogens with one attached hydrogen (secondary N) is 2. The Balaban J connectivity index is 1.66. The van der Waals surface area contributed by atoms with E-state index in [1.807, 2.05) is 41.3 Å².